The van der Waals surface area contributed by atoms with Crippen LogP contribution >= 0.6 is 11.6 Å². The number of morpholine rings is 1. The van der Waals surface area contributed by atoms with Gasteiger partial charge in [-0.15, -0.1) is 0 Å². The van der Waals surface area contributed by atoms with Gasteiger partial charge in [0, 0.05) is 25.2 Å². The van der Waals surface area contributed by atoms with Crippen LogP contribution in [0, 0.1) is 0 Å². The predicted molar refractivity (Wildman–Crippen MR) is 96.6 cm³/mol. The Morgan fingerprint density at radius 2 is 2.08 bits per heavy atom. The molecule has 8 heteroatoms. The van der Waals surface area contributed by atoms with Gasteiger partial charge in [0.15, 0.2) is 5.69 Å². The van der Waals surface area contributed by atoms with Crippen molar-refractivity contribution in [3.05, 3.63) is 41.3 Å². The Morgan fingerprint density at radius 3 is 2.81 bits per heavy atom. The maximum absolute atomic E-state index is 11.6. The molecule has 0 aliphatic carbocycles. The molecule has 0 spiro atoms. The summed E-state index contributed by atoms with van der Waals surface area (Å²) >= 11 is 6.34. The van der Waals surface area contributed by atoms with Gasteiger partial charge in [-0.3, -0.25) is 4.90 Å². The van der Waals surface area contributed by atoms with E-state index in [9.17, 15) is 4.79 Å². The molecule has 1 aliphatic rings. The Bertz CT molecular complexity index is 766. The summed E-state index contributed by atoms with van der Waals surface area (Å²) in [6.45, 7) is 4.76. The van der Waals surface area contributed by atoms with Crippen LogP contribution in [-0.4, -0.2) is 67.4 Å². The first-order valence-corrected chi connectivity index (χ1v) is 8.68. The molecule has 2 aromatic rings. The second-order valence-electron chi connectivity index (χ2n) is 5.73. The van der Waals surface area contributed by atoms with Crippen LogP contribution in [0.2, 0.25) is 5.02 Å². The van der Waals surface area contributed by atoms with Gasteiger partial charge in [0.25, 0.3) is 0 Å². The summed E-state index contributed by atoms with van der Waals surface area (Å²) in [6, 6.07) is 6.97. The van der Waals surface area contributed by atoms with Crippen LogP contribution in [-0.2, 0) is 9.47 Å². The quantitative estimate of drug-likeness (QED) is 0.715. The molecule has 0 radical (unpaired) electrons. The number of methoxy groups -OCH3 is 1. The van der Waals surface area contributed by atoms with Gasteiger partial charge in [-0.1, -0.05) is 11.6 Å². The Labute approximate surface area is 156 Å². The molecule has 0 unspecified atom stereocenters. The van der Waals surface area contributed by atoms with Crippen molar-refractivity contribution in [1.29, 1.82) is 0 Å². The highest BCUT2D eigenvalue weighted by molar-refractivity contribution is 6.32. The fourth-order valence-corrected chi connectivity index (χ4v) is 2.85. The van der Waals surface area contributed by atoms with Crippen LogP contribution < -0.4 is 4.74 Å². The van der Waals surface area contributed by atoms with Crippen LogP contribution in [0.25, 0.3) is 11.3 Å². The average Bonchev–Trinajstić information content (AvgIpc) is 2.69. The van der Waals surface area contributed by atoms with Crippen molar-refractivity contribution >= 4 is 17.6 Å². The summed E-state index contributed by atoms with van der Waals surface area (Å²) in [5.74, 6) is 0.105. The van der Waals surface area contributed by atoms with E-state index >= 15 is 0 Å². The average molecular weight is 378 g/mol. The van der Waals surface area contributed by atoms with Crippen LogP contribution in [0.3, 0.4) is 0 Å². The highest BCUT2D eigenvalue weighted by Gasteiger charge is 2.13. The van der Waals surface area contributed by atoms with Gasteiger partial charge in [0.2, 0.25) is 0 Å². The van der Waals surface area contributed by atoms with Gasteiger partial charge in [-0.2, -0.15) is 0 Å². The van der Waals surface area contributed by atoms with E-state index in [1.165, 1.54) is 13.4 Å². The zero-order valence-electron chi connectivity index (χ0n) is 14.5. The lowest BCUT2D eigenvalue weighted by molar-refractivity contribution is 0.0322. The van der Waals surface area contributed by atoms with Gasteiger partial charge in [-0.25, -0.2) is 14.8 Å². The number of hydrogen-bond acceptors (Lipinski definition) is 7. The number of rotatable bonds is 6. The van der Waals surface area contributed by atoms with Crippen LogP contribution in [0.1, 0.15) is 10.5 Å². The molecule has 1 aliphatic heterocycles. The number of benzene rings is 1. The lowest BCUT2D eigenvalue weighted by Crippen LogP contribution is -2.38. The largest absolute Gasteiger partial charge is 0.491 e. The third-order valence-electron chi connectivity index (χ3n) is 4.06. The fourth-order valence-electron chi connectivity index (χ4n) is 2.62. The van der Waals surface area contributed by atoms with Gasteiger partial charge in [0.1, 0.15) is 18.7 Å². The topological polar surface area (TPSA) is 73.8 Å². The van der Waals surface area contributed by atoms with E-state index in [-0.39, 0.29) is 5.69 Å². The van der Waals surface area contributed by atoms with E-state index in [1.54, 1.807) is 18.2 Å². The highest BCUT2D eigenvalue weighted by Crippen LogP contribution is 2.29. The SMILES string of the molecule is COC(=O)c1cc(-c2ccc(OCCN3CCOCC3)c(Cl)c2)ncn1. The van der Waals surface area contributed by atoms with Gasteiger partial charge in [-0.05, 0) is 24.3 Å². The molecule has 2 heterocycles. The lowest BCUT2D eigenvalue weighted by atomic mass is 10.1. The van der Waals surface area contributed by atoms with Gasteiger partial charge < -0.3 is 14.2 Å². The molecule has 1 fully saturated rings. The smallest absolute Gasteiger partial charge is 0.356 e. The molecule has 0 N–H and O–H groups in total. The van der Waals surface area contributed by atoms with E-state index in [0.717, 1.165) is 38.4 Å². The number of halogens is 1. The number of hydrogen-bond donors (Lipinski definition) is 0. The molecule has 7 nitrogen and oxygen atoms in total. The monoisotopic (exact) mass is 377 g/mol. The molecular weight excluding hydrogens is 358 g/mol. The highest BCUT2D eigenvalue weighted by atomic mass is 35.5. The number of carbonyl (C=O) groups excluding carboxylic acids is 1. The second kappa shape index (κ2) is 8.93. The van der Waals surface area contributed by atoms with Crippen molar-refractivity contribution in [2.24, 2.45) is 0 Å². The number of ether oxygens (including phenoxy) is 3. The predicted octanol–water partition coefficient (Wildman–Crippen LogP) is 2.29. The van der Waals surface area contributed by atoms with E-state index in [2.05, 4.69) is 19.6 Å². The van der Waals surface area contributed by atoms with E-state index < -0.39 is 5.97 Å². The minimum atomic E-state index is -0.511. The second-order valence-corrected chi connectivity index (χ2v) is 6.13. The minimum absolute atomic E-state index is 0.194. The van der Waals surface area contributed by atoms with Crippen molar-refractivity contribution in [1.82, 2.24) is 14.9 Å². The summed E-state index contributed by atoms with van der Waals surface area (Å²) in [5.41, 5.74) is 1.55. The maximum atomic E-state index is 11.6. The Kier molecular flexibility index (Phi) is 6.38. The number of esters is 1. The fraction of sp³-hybridized carbons (Fsp3) is 0.389. The third-order valence-corrected chi connectivity index (χ3v) is 4.35. The molecule has 0 saturated carbocycles. The van der Waals surface area contributed by atoms with E-state index in [0.29, 0.717) is 23.1 Å². The van der Waals surface area contributed by atoms with E-state index in [4.69, 9.17) is 21.1 Å². The Morgan fingerprint density at radius 1 is 1.27 bits per heavy atom. The van der Waals surface area contributed by atoms with Gasteiger partial charge in [0.05, 0.1) is 31.0 Å². The molecule has 3 rings (SSSR count). The zero-order chi connectivity index (χ0) is 18.4. The lowest BCUT2D eigenvalue weighted by Gasteiger charge is -2.26. The number of carbonyl (C=O) groups is 1. The Balaban J connectivity index is 1.64. The van der Waals surface area contributed by atoms with Crippen LogP contribution in [0.5, 0.6) is 5.75 Å². The normalized spacial score (nSPS) is 14.8. The van der Waals surface area contributed by atoms with Crippen molar-refractivity contribution in [2.75, 3.05) is 46.6 Å². The molecule has 1 aromatic carbocycles. The van der Waals surface area contributed by atoms with Crippen molar-refractivity contribution < 1.29 is 19.0 Å². The van der Waals surface area contributed by atoms with Crippen LogP contribution in [0.4, 0.5) is 0 Å². The molecule has 26 heavy (non-hydrogen) atoms. The van der Waals surface area contributed by atoms with Crippen molar-refractivity contribution in [2.45, 2.75) is 0 Å². The zero-order valence-corrected chi connectivity index (χ0v) is 15.2. The molecular formula is C18H20ClN3O4. The number of nitrogens with zero attached hydrogens (tertiary/aromatic N) is 3. The third kappa shape index (κ3) is 4.69. The molecule has 0 atom stereocenters. The number of aromatic nitrogens is 2. The standard InChI is InChI=1S/C18H20ClN3O4/c1-24-18(23)16-11-15(20-12-21-16)13-2-3-17(14(19)10-13)26-9-6-22-4-7-25-8-5-22/h2-3,10-12H,4-9H2,1H3. The summed E-state index contributed by atoms with van der Waals surface area (Å²) in [6.07, 6.45) is 1.32. The minimum Gasteiger partial charge on any atom is -0.491 e. The maximum Gasteiger partial charge on any atom is 0.356 e. The van der Waals surface area contributed by atoms with Crippen molar-refractivity contribution in [3.63, 3.8) is 0 Å². The van der Waals surface area contributed by atoms with Crippen LogP contribution in [0.15, 0.2) is 30.6 Å². The first-order chi connectivity index (χ1) is 12.7. The van der Waals surface area contributed by atoms with Crippen molar-refractivity contribution in [3.8, 4) is 17.0 Å². The molecule has 0 amide bonds. The molecule has 138 valence electrons. The summed E-state index contributed by atoms with van der Waals surface area (Å²) in [4.78, 5) is 22.0. The summed E-state index contributed by atoms with van der Waals surface area (Å²) in [5, 5.41) is 0.489. The molecule has 1 aromatic heterocycles. The first kappa shape index (κ1) is 18.6. The Hall–Kier alpha value is -2.22. The molecule has 1 saturated heterocycles. The van der Waals surface area contributed by atoms with Gasteiger partial charge >= 0.3 is 5.97 Å². The summed E-state index contributed by atoms with van der Waals surface area (Å²) < 4.78 is 15.8. The van der Waals surface area contributed by atoms with E-state index in [1.807, 2.05) is 6.07 Å². The molecule has 0 bridgehead atoms. The first-order valence-electron chi connectivity index (χ1n) is 8.30. The summed E-state index contributed by atoms with van der Waals surface area (Å²) in [7, 11) is 1.31.